The van der Waals surface area contributed by atoms with Crippen molar-refractivity contribution < 1.29 is 4.79 Å². The van der Waals surface area contributed by atoms with Gasteiger partial charge in [-0.25, -0.2) is 4.68 Å². The molecule has 0 aliphatic carbocycles. The van der Waals surface area contributed by atoms with Crippen molar-refractivity contribution in [3.63, 3.8) is 0 Å². The number of carbonyl (C=O) groups excluding carboxylic acids is 1. The van der Waals surface area contributed by atoms with E-state index in [1.54, 1.807) is 21.8 Å². The Bertz CT molecular complexity index is 612. The highest BCUT2D eigenvalue weighted by molar-refractivity contribution is 5.91. The molecule has 112 valence electrons. The molecule has 0 unspecified atom stereocenters. The number of carbonyl (C=O) groups is 1. The van der Waals surface area contributed by atoms with Crippen molar-refractivity contribution in [1.82, 2.24) is 35.4 Å². The van der Waals surface area contributed by atoms with Crippen LogP contribution in [0.1, 0.15) is 35.1 Å². The van der Waals surface area contributed by atoms with Gasteiger partial charge < -0.3 is 10.6 Å². The average molecular weight is 289 g/mol. The summed E-state index contributed by atoms with van der Waals surface area (Å²) in [5.41, 5.74) is 1.30. The predicted octanol–water partition coefficient (Wildman–Crippen LogP) is -0.134. The molecule has 0 spiro atoms. The number of rotatable bonds is 4. The fourth-order valence-corrected chi connectivity index (χ4v) is 2.47. The third kappa shape index (κ3) is 3.10. The van der Waals surface area contributed by atoms with Crippen LogP contribution in [0.2, 0.25) is 0 Å². The Morgan fingerprint density at radius 1 is 1.48 bits per heavy atom. The molecule has 0 atom stereocenters. The van der Waals surface area contributed by atoms with Gasteiger partial charge >= 0.3 is 0 Å². The fourth-order valence-electron chi connectivity index (χ4n) is 2.47. The Morgan fingerprint density at radius 2 is 2.29 bits per heavy atom. The summed E-state index contributed by atoms with van der Waals surface area (Å²) in [6, 6.07) is 2.20. The first-order valence-corrected chi connectivity index (χ1v) is 7.11. The van der Waals surface area contributed by atoms with Gasteiger partial charge in [-0.2, -0.15) is 5.10 Å². The maximum absolute atomic E-state index is 12.1. The van der Waals surface area contributed by atoms with Crippen LogP contribution in [0.25, 0.3) is 0 Å². The Balaban J connectivity index is 1.60. The van der Waals surface area contributed by atoms with Gasteiger partial charge in [-0.1, -0.05) is 5.21 Å². The third-order valence-corrected chi connectivity index (χ3v) is 3.78. The lowest BCUT2D eigenvalue weighted by Crippen LogP contribution is -2.29. The predicted molar refractivity (Wildman–Crippen MR) is 75.5 cm³/mol. The highest BCUT2D eigenvalue weighted by Gasteiger charge is 2.18. The molecule has 0 radical (unpaired) electrons. The minimum Gasteiger partial charge on any atom is -0.345 e. The van der Waals surface area contributed by atoms with E-state index in [-0.39, 0.29) is 5.91 Å². The first-order chi connectivity index (χ1) is 10.2. The molecule has 21 heavy (non-hydrogen) atoms. The number of aryl methyl sites for hydroxylation is 1. The quantitative estimate of drug-likeness (QED) is 0.818. The molecule has 2 aromatic heterocycles. The van der Waals surface area contributed by atoms with Gasteiger partial charge in [0.2, 0.25) is 0 Å². The number of amides is 1. The molecule has 0 saturated carbocycles. The van der Waals surface area contributed by atoms with Gasteiger partial charge in [0.25, 0.3) is 5.91 Å². The van der Waals surface area contributed by atoms with Gasteiger partial charge in [-0.05, 0) is 32.0 Å². The van der Waals surface area contributed by atoms with E-state index in [0.29, 0.717) is 18.3 Å². The Labute approximate surface area is 122 Å². The monoisotopic (exact) mass is 289 g/mol. The maximum atomic E-state index is 12.1. The van der Waals surface area contributed by atoms with Gasteiger partial charge in [0, 0.05) is 13.2 Å². The minimum absolute atomic E-state index is 0.212. The number of aromatic nitrogens is 5. The number of nitrogens with one attached hydrogen (secondary N) is 2. The second-order valence-electron chi connectivity index (χ2n) is 5.19. The zero-order valence-electron chi connectivity index (χ0n) is 12.0. The molecule has 1 saturated heterocycles. The Morgan fingerprint density at radius 3 is 3.00 bits per heavy atom. The van der Waals surface area contributed by atoms with Crippen molar-refractivity contribution in [2.75, 3.05) is 13.1 Å². The van der Waals surface area contributed by atoms with Crippen LogP contribution in [0.3, 0.4) is 0 Å². The third-order valence-electron chi connectivity index (χ3n) is 3.78. The van der Waals surface area contributed by atoms with Gasteiger partial charge in [0.05, 0.1) is 24.5 Å². The van der Waals surface area contributed by atoms with Crippen molar-refractivity contribution in [2.24, 2.45) is 7.05 Å². The molecule has 8 heteroatoms. The zero-order chi connectivity index (χ0) is 14.7. The standard InChI is InChI=1S/C13H19N7O/c1-19-11(4-7-16-19)8-15-13(21)12-9-20(18-17-12)10-2-5-14-6-3-10/h4,7,9-10,14H,2-3,5-6,8H2,1H3,(H,15,21). The van der Waals surface area contributed by atoms with E-state index in [1.165, 1.54) is 0 Å². The molecular weight excluding hydrogens is 270 g/mol. The summed E-state index contributed by atoms with van der Waals surface area (Å²) in [6.45, 7) is 2.38. The van der Waals surface area contributed by atoms with E-state index >= 15 is 0 Å². The summed E-state index contributed by atoms with van der Waals surface area (Å²) in [5, 5.41) is 18.3. The van der Waals surface area contributed by atoms with Gasteiger partial charge in [-0.15, -0.1) is 5.10 Å². The van der Waals surface area contributed by atoms with E-state index in [2.05, 4.69) is 26.0 Å². The van der Waals surface area contributed by atoms with E-state index < -0.39 is 0 Å². The fraction of sp³-hybridized carbons (Fsp3) is 0.538. The van der Waals surface area contributed by atoms with E-state index in [9.17, 15) is 4.79 Å². The molecule has 0 aromatic carbocycles. The van der Waals surface area contributed by atoms with Gasteiger partial charge in [-0.3, -0.25) is 9.48 Å². The van der Waals surface area contributed by atoms with Crippen LogP contribution < -0.4 is 10.6 Å². The molecule has 1 fully saturated rings. The van der Waals surface area contributed by atoms with Crippen molar-refractivity contribution in [2.45, 2.75) is 25.4 Å². The van der Waals surface area contributed by atoms with Crippen LogP contribution in [-0.4, -0.2) is 43.8 Å². The molecule has 3 heterocycles. The summed E-state index contributed by atoms with van der Waals surface area (Å²) in [5.74, 6) is -0.212. The highest BCUT2D eigenvalue weighted by Crippen LogP contribution is 2.16. The van der Waals surface area contributed by atoms with Crippen LogP contribution in [0.15, 0.2) is 18.5 Å². The lowest BCUT2D eigenvalue weighted by molar-refractivity contribution is 0.0945. The topological polar surface area (TPSA) is 89.7 Å². The number of hydrogen-bond donors (Lipinski definition) is 2. The second-order valence-corrected chi connectivity index (χ2v) is 5.19. The van der Waals surface area contributed by atoms with Crippen LogP contribution >= 0.6 is 0 Å². The minimum atomic E-state index is -0.212. The maximum Gasteiger partial charge on any atom is 0.273 e. The van der Waals surface area contributed by atoms with Crippen molar-refractivity contribution in [3.8, 4) is 0 Å². The van der Waals surface area contributed by atoms with E-state index in [1.807, 2.05) is 13.1 Å². The Kier molecular flexibility index (Phi) is 3.96. The molecule has 1 amide bonds. The van der Waals surface area contributed by atoms with Crippen LogP contribution in [-0.2, 0) is 13.6 Å². The molecular formula is C13H19N7O. The number of nitrogens with zero attached hydrogens (tertiary/aromatic N) is 5. The number of hydrogen-bond acceptors (Lipinski definition) is 5. The van der Waals surface area contributed by atoms with Crippen molar-refractivity contribution in [3.05, 3.63) is 29.8 Å². The van der Waals surface area contributed by atoms with Gasteiger partial charge in [0.1, 0.15) is 0 Å². The second kappa shape index (κ2) is 6.04. The molecule has 2 aromatic rings. The number of piperidine rings is 1. The molecule has 3 rings (SSSR count). The summed E-state index contributed by atoms with van der Waals surface area (Å²) in [6.07, 6.45) is 5.46. The van der Waals surface area contributed by atoms with Crippen LogP contribution in [0, 0.1) is 0 Å². The van der Waals surface area contributed by atoms with Gasteiger partial charge in [0.15, 0.2) is 5.69 Å². The summed E-state index contributed by atoms with van der Waals surface area (Å²) >= 11 is 0. The average Bonchev–Trinajstić information content (AvgIpc) is 3.15. The first kappa shape index (κ1) is 13.7. The lowest BCUT2D eigenvalue weighted by atomic mass is 10.1. The lowest BCUT2D eigenvalue weighted by Gasteiger charge is -2.22. The molecule has 1 aliphatic heterocycles. The van der Waals surface area contributed by atoms with Crippen LogP contribution in [0.4, 0.5) is 0 Å². The zero-order valence-corrected chi connectivity index (χ0v) is 12.0. The SMILES string of the molecule is Cn1nccc1CNC(=O)c1cn(C2CCNCC2)nn1. The molecule has 2 N–H and O–H groups in total. The van der Waals surface area contributed by atoms with Crippen molar-refractivity contribution in [1.29, 1.82) is 0 Å². The smallest absolute Gasteiger partial charge is 0.273 e. The summed E-state index contributed by atoms with van der Waals surface area (Å²) in [4.78, 5) is 12.1. The van der Waals surface area contributed by atoms with Crippen molar-refractivity contribution >= 4 is 5.91 Å². The normalized spacial score (nSPS) is 16.0. The molecule has 1 aliphatic rings. The summed E-state index contributed by atoms with van der Waals surface area (Å²) in [7, 11) is 1.84. The molecule has 0 bridgehead atoms. The highest BCUT2D eigenvalue weighted by atomic mass is 16.2. The molecule has 8 nitrogen and oxygen atoms in total. The largest absolute Gasteiger partial charge is 0.345 e. The summed E-state index contributed by atoms with van der Waals surface area (Å²) < 4.78 is 3.53. The Hall–Kier alpha value is -2.22. The van der Waals surface area contributed by atoms with Crippen LogP contribution in [0.5, 0.6) is 0 Å². The van der Waals surface area contributed by atoms with E-state index in [0.717, 1.165) is 31.6 Å². The first-order valence-electron chi connectivity index (χ1n) is 7.11. The van der Waals surface area contributed by atoms with E-state index in [4.69, 9.17) is 0 Å².